The fraction of sp³-hybridized carbons (Fsp3) is 0.304. The molecule has 49 heavy (non-hydrogen) atoms. The van der Waals surface area contributed by atoms with Crippen molar-refractivity contribution < 1.29 is 14.2 Å². The molecule has 5 aromatic rings. The van der Waals surface area contributed by atoms with Crippen LogP contribution in [-0.2, 0) is 0 Å². The Morgan fingerprint density at radius 2 is 0.918 bits per heavy atom. The van der Waals surface area contributed by atoms with Gasteiger partial charge in [0.25, 0.3) is 0 Å². The number of methoxy groups -OCH3 is 2. The highest BCUT2D eigenvalue weighted by atomic mass is 16.5. The Hall–Kier alpha value is -4.94. The number of rotatable bonds is 10. The van der Waals surface area contributed by atoms with E-state index in [2.05, 4.69) is 97.8 Å². The molecule has 0 amide bonds. The van der Waals surface area contributed by atoms with Crippen LogP contribution in [0.15, 0.2) is 84.9 Å². The SMILES string of the molecule is C#Cc1c2c(c(OCCCCCCCC)c3c1[C@@H]1c4ccccc4[C@H]3c3c(OC)ccc(OC)c31)C1c3ccccc3C2c2ccccc21. The number of benzene rings is 5. The summed E-state index contributed by atoms with van der Waals surface area (Å²) in [6.45, 7) is 2.95. The maximum absolute atomic E-state index is 7.26. The van der Waals surface area contributed by atoms with Crippen LogP contribution in [0.3, 0.4) is 0 Å². The van der Waals surface area contributed by atoms with Gasteiger partial charge in [0.1, 0.15) is 17.2 Å². The van der Waals surface area contributed by atoms with Gasteiger partial charge in [-0.05, 0) is 63.1 Å². The van der Waals surface area contributed by atoms with E-state index in [1.165, 1.54) is 93.3 Å². The molecule has 0 radical (unpaired) electrons. The summed E-state index contributed by atoms with van der Waals surface area (Å²) < 4.78 is 19.6. The van der Waals surface area contributed by atoms with Gasteiger partial charge in [-0.2, -0.15) is 0 Å². The Labute approximate surface area is 290 Å². The summed E-state index contributed by atoms with van der Waals surface area (Å²) in [6, 6.07) is 31.0. The van der Waals surface area contributed by atoms with Crippen molar-refractivity contribution in [3.8, 4) is 29.6 Å². The number of ether oxygens (including phenoxy) is 3. The normalized spacial score (nSPS) is 19.5. The molecule has 0 spiro atoms. The first-order valence-electron chi connectivity index (χ1n) is 18.1. The highest BCUT2D eigenvalue weighted by Crippen LogP contribution is 2.67. The Bertz CT molecular complexity index is 2120. The maximum Gasteiger partial charge on any atom is 0.128 e. The van der Waals surface area contributed by atoms with E-state index in [0.29, 0.717) is 6.61 Å². The van der Waals surface area contributed by atoms with Gasteiger partial charge in [0.2, 0.25) is 0 Å². The average Bonchev–Trinajstić information content (AvgIpc) is 3.16. The van der Waals surface area contributed by atoms with Crippen LogP contribution in [-0.4, -0.2) is 20.8 Å². The van der Waals surface area contributed by atoms with Crippen LogP contribution in [0.1, 0.15) is 141 Å². The zero-order chi connectivity index (χ0) is 33.2. The standard InChI is InChI=1S/C46H42O3/c1-5-7-8-9-10-17-26-49-46-44-37-30-20-13-11-18-28(30)36(29-19-12-14-21-31(29)37)38(44)27(6-2)39-40-32-22-15-16-23-33(32)41(45(39)46)43-35(48-4)25-24-34(47-3)42(40)43/h2,11-16,18-25,36-37,40-41H,5,7-10,17,26H2,1,3-4H3/t36?,37?,40-,41-/m0/s1. The van der Waals surface area contributed by atoms with Crippen molar-refractivity contribution in [2.45, 2.75) is 69.1 Å². The van der Waals surface area contributed by atoms with Crippen molar-refractivity contribution >= 4 is 0 Å². The zero-order valence-corrected chi connectivity index (χ0v) is 28.6. The first kappa shape index (κ1) is 30.1. The quantitative estimate of drug-likeness (QED) is 0.110. The molecule has 0 aliphatic heterocycles. The minimum absolute atomic E-state index is 0.0440. The van der Waals surface area contributed by atoms with E-state index in [-0.39, 0.29) is 23.7 Å². The van der Waals surface area contributed by atoms with E-state index in [1.807, 2.05) is 0 Å². The number of unbranched alkanes of at least 4 members (excludes halogenated alkanes) is 5. The van der Waals surface area contributed by atoms with Crippen molar-refractivity contribution in [2.24, 2.45) is 0 Å². The topological polar surface area (TPSA) is 27.7 Å². The Balaban J connectivity index is 1.35. The molecule has 0 N–H and O–H groups in total. The first-order chi connectivity index (χ1) is 24.2. The molecule has 6 aliphatic rings. The third kappa shape index (κ3) is 4.16. The lowest BCUT2D eigenvalue weighted by Crippen LogP contribution is -2.35. The maximum atomic E-state index is 7.26. The molecule has 5 aromatic carbocycles. The highest BCUT2D eigenvalue weighted by molar-refractivity contribution is 5.83. The molecule has 11 rings (SSSR count). The summed E-state index contributed by atoms with van der Waals surface area (Å²) >= 11 is 0. The summed E-state index contributed by atoms with van der Waals surface area (Å²) in [5.41, 5.74) is 16.4. The van der Waals surface area contributed by atoms with Gasteiger partial charge in [0.15, 0.2) is 0 Å². The van der Waals surface area contributed by atoms with Crippen LogP contribution in [0.2, 0.25) is 0 Å². The summed E-state index contributed by atoms with van der Waals surface area (Å²) in [4.78, 5) is 0. The second kappa shape index (κ2) is 11.9. The monoisotopic (exact) mass is 642 g/mol. The van der Waals surface area contributed by atoms with Crippen molar-refractivity contribution in [3.05, 3.63) is 157 Å². The molecule has 0 fully saturated rings. The second-order valence-electron chi connectivity index (χ2n) is 14.0. The molecule has 6 aliphatic carbocycles. The summed E-state index contributed by atoms with van der Waals surface area (Å²) in [5.74, 6) is 6.02. The molecule has 4 bridgehead atoms. The molecular formula is C46H42O3. The fourth-order valence-corrected chi connectivity index (χ4v) is 9.87. The molecule has 2 atom stereocenters. The molecule has 3 nitrogen and oxygen atoms in total. The summed E-state index contributed by atoms with van der Waals surface area (Å²) in [7, 11) is 3.55. The van der Waals surface area contributed by atoms with E-state index < -0.39 is 0 Å². The van der Waals surface area contributed by atoms with Gasteiger partial charge in [0.05, 0.1) is 20.8 Å². The lowest BCUT2D eigenvalue weighted by Gasteiger charge is -2.49. The first-order valence-corrected chi connectivity index (χ1v) is 18.1. The second-order valence-corrected chi connectivity index (χ2v) is 14.0. The zero-order valence-electron chi connectivity index (χ0n) is 28.6. The molecule has 244 valence electrons. The van der Waals surface area contributed by atoms with Crippen LogP contribution in [0.4, 0.5) is 0 Å². The predicted molar refractivity (Wildman–Crippen MR) is 196 cm³/mol. The lowest BCUT2D eigenvalue weighted by molar-refractivity contribution is 0.295. The minimum Gasteiger partial charge on any atom is -0.496 e. The molecule has 0 unspecified atom stereocenters. The van der Waals surface area contributed by atoms with Crippen LogP contribution >= 0.6 is 0 Å². The summed E-state index contributed by atoms with van der Waals surface area (Å²) in [5, 5.41) is 0. The Morgan fingerprint density at radius 3 is 1.41 bits per heavy atom. The molecule has 0 heterocycles. The predicted octanol–water partition coefficient (Wildman–Crippen LogP) is 10.4. The smallest absolute Gasteiger partial charge is 0.128 e. The largest absolute Gasteiger partial charge is 0.496 e. The lowest BCUT2D eigenvalue weighted by atomic mass is 9.54. The Morgan fingerprint density at radius 1 is 0.510 bits per heavy atom. The molecular weight excluding hydrogens is 601 g/mol. The van der Waals surface area contributed by atoms with Crippen LogP contribution in [0, 0.1) is 12.3 Å². The summed E-state index contributed by atoms with van der Waals surface area (Å²) in [6.07, 6.45) is 14.0. The minimum atomic E-state index is -0.102. The van der Waals surface area contributed by atoms with E-state index in [9.17, 15) is 0 Å². The van der Waals surface area contributed by atoms with Gasteiger partial charge in [0, 0.05) is 51.5 Å². The van der Waals surface area contributed by atoms with Gasteiger partial charge < -0.3 is 14.2 Å². The average molecular weight is 643 g/mol. The Kier molecular flexibility index (Phi) is 7.31. The van der Waals surface area contributed by atoms with E-state index in [1.54, 1.807) is 14.2 Å². The van der Waals surface area contributed by atoms with Crippen molar-refractivity contribution in [2.75, 3.05) is 20.8 Å². The van der Waals surface area contributed by atoms with Gasteiger partial charge in [-0.25, -0.2) is 0 Å². The number of hydrogen-bond acceptors (Lipinski definition) is 3. The third-order valence-corrected chi connectivity index (χ3v) is 11.7. The van der Waals surface area contributed by atoms with Crippen molar-refractivity contribution in [1.82, 2.24) is 0 Å². The van der Waals surface area contributed by atoms with Crippen LogP contribution in [0.25, 0.3) is 0 Å². The fourth-order valence-electron chi connectivity index (χ4n) is 9.87. The highest BCUT2D eigenvalue weighted by Gasteiger charge is 2.52. The number of hydrogen-bond donors (Lipinski definition) is 0. The molecule has 0 saturated heterocycles. The van der Waals surface area contributed by atoms with E-state index >= 15 is 0 Å². The third-order valence-electron chi connectivity index (χ3n) is 11.7. The van der Waals surface area contributed by atoms with Gasteiger partial charge in [-0.1, -0.05) is 118 Å². The van der Waals surface area contributed by atoms with Crippen LogP contribution < -0.4 is 14.2 Å². The molecule has 3 heteroatoms. The van der Waals surface area contributed by atoms with Crippen LogP contribution in [0.5, 0.6) is 17.2 Å². The van der Waals surface area contributed by atoms with E-state index in [4.69, 9.17) is 20.6 Å². The van der Waals surface area contributed by atoms with E-state index in [0.717, 1.165) is 34.8 Å². The number of terminal acetylenes is 1. The van der Waals surface area contributed by atoms with Crippen molar-refractivity contribution in [3.63, 3.8) is 0 Å². The van der Waals surface area contributed by atoms with Gasteiger partial charge in [-0.15, -0.1) is 6.42 Å². The molecule has 0 saturated carbocycles. The molecule has 0 aromatic heterocycles. The van der Waals surface area contributed by atoms with Gasteiger partial charge >= 0.3 is 0 Å². The van der Waals surface area contributed by atoms with Gasteiger partial charge in [-0.3, -0.25) is 0 Å². The van der Waals surface area contributed by atoms with Crippen molar-refractivity contribution in [1.29, 1.82) is 0 Å².